The molecule has 1 aromatic carbocycles. The van der Waals surface area contributed by atoms with Gasteiger partial charge in [0.15, 0.2) is 0 Å². The van der Waals surface area contributed by atoms with E-state index in [4.69, 9.17) is 4.74 Å². The molecular formula is C19H33NO. The van der Waals surface area contributed by atoms with Gasteiger partial charge in [0.1, 0.15) is 5.75 Å². The third-order valence-corrected chi connectivity index (χ3v) is 3.49. The topological polar surface area (TPSA) is 21.3 Å². The standard InChI is InChI=1S/C19H33NO/c1-5-6-10-17-11-13-18(14-12-17)21-16-9-7-8-15-20-19(2,3)4/h11-14,20H,5-10,15-16H2,1-4H3. The van der Waals surface area contributed by atoms with Crippen LogP contribution in [0.5, 0.6) is 5.75 Å². The van der Waals surface area contributed by atoms with E-state index in [-0.39, 0.29) is 5.54 Å². The Kier molecular flexibility index (Phi) is 8.44. The lowest BCUT2D eigenvalue weighted by atomic mass is 10.1. The fourth-order valence-electron chi connectivity index (χ4n) is 2.19. The lowest BCUT2D eigenvalue weighted by Gasteiger charge is -2.20. The molecule has 0 aromatic heterocycles. The molecule has 0 atom stereocenters. The Morgan fingerprint density at radius 1 is 0.952 bits per heavy atom. The maximum atomic E-state index is 5.79. The van der Waals surface area contributed by atoms with Gasteiger partial charge in [-0.2, -0.15) is 0 Å². The van der Waals surface area contributed by atoms with Crippen molar-refractivity contribution in [2.24, 2.45) is 0 Å². The molecule has 21 heavy (non-hydrogen) atoms. The zero-order chi connectivity index (χ0) is 15.6. The summed E-state index contributed by atoms with van der Waals surface area (Å²) in [6.07, 6.45) is 7.26. The van der Waals surface area contributed by atoms with Gasteiger partial charge in [0.2, 0.25) is 0 Å². The lowest BCUT2D eigenvalue weighted by Crippen LogP contribution is -2.36. The molecule has 0 spiro atoms. The summed E-state index contributed by atoms with van der Waals surface area (Å²) in [5.74, 6) is 1.00. The van der Waals surface area contributed by atoms with Crippen molar-refractivity contribution in [3.63, 3.8) is 0 Å². The van der Waals surface area contributed by atoms with Crippen molar-refractivity contribution in [1.82, 2.24) is 5.32 Å². The summed E-state index contributed by atoms with van der Waals surface area (Å²) in [7, 11) is 0. The summed E-state index contributed by atoms with van der Waals surface area (Å²) in [5, 5.41) is 3.51. The number of unbranched alkanes of at least 4 members (excludes halogenated alkanes) is 3. The Bertz CT molecular complexity index is 364. The number of ether oxygens (including phenoxy) is 1. The molecule has 0 aliphatic carbocycles. The molecule has 0 saturated carbocycles. The first-order valence-corrected chi connectivity index (χ1v) is 8.48. The Hall–Kier alpha value is -1.02. The second kappa shape index (κ2) is 9.83. The number of aryl methyl sites for hydroxylation is 1. The summed E-state index contributed by atoms with van der Waals surface area (Å²) in [4.78, 5) is 0. The molecule has 0 aliphatic heterocycles. The smallest absolute Gasteiger partial charge is 0.119 e. The van der Waals surface area contributed by atoms with Crippen LogP contribution in [0.3, 0.4) is 0 Å². The first-order valence-electron chi connectivity index (χ1n) is 8.48. The van der Waals surface area contributed by atoms with Gasteiger partial charge in [-0.25, -0.2) is 0 Å². The Morgan fingerprint density at radius 2 is 1.67 bits per heavy atom. The van der Waals surface area contributed by atoms with Crippen molar-refractivity contribution in [2.45, 2.75) is 71.8 Å². The van der Waals surface area contributed by atoms with Gasteiger partial charge in [0.25, 0.3) is 0 Å². The zero-order valence-corrected chi connectivity index (χ0v) is 14.4. The molecule has 0 unspecified atom stereocenters. The third-order valence-electron chi connectivity index (χ3n) is 3.49. The van der Waals surface area contributed by atoms with E-state index >= 15 is 0 Å². The van der Waals surface area contributed by atoms with Crippen molar-refractivity contribution in [1.29, 1.82) is 0 Å². The molecular weight excluding hydrogens is 258 g/mol. The van der Waals surface area contributed by atoms with Gasteiger partial charge < -0.3 is 10.1 Å². The van der Waals surface area contributed by atoms with Crippen LogP contribution in [0.15, 0.2) is 24.3 Å². The highest BCUT2D eigenvalue weighted by molar-refractivity contribution is 5.27. The summed E-state index contributed by atoms with van der Waals surface area (Å²) in [6.45, 7) is 10.8. The van der Waals surface area contributed by atoms with Gasteiger partial charge in [0, 0.05) is 5.54 Å². The molecule has 0 aliphatic rings. The van der Waals surface area contributed by atoms with Gasteiger partial charge in [-0.1, -0.05) is 25.5 Å². The second-order valence-corrected chi connectivity index (χ2v) is 6.83. The minimum Gasteiger partial charge on any atom is -0.494 e. The highest BCUT2D eigenvalue weighted by atomic mass is 16.5. The fraction of sp³-hybridized carbons (Fsp3) is 0.684. The monoisotopic (exact) mass is 291 g/mol. The molecule has 120 valence electrons. The number of benzene rings is 1. The average Bonchev–Trinajstić information content (AvgIpc) is 2.44. The largest absolute Gasteiger partial charge is 0.494 e. The molecule has 1 rings (SSSR count). The van der Waals surface area contributed by atoms with Crippen molar-refractivity contribution in [3.05, 3.63) is 29.8 Å². The molecule has 1 N–H and O–H groups in total. The van der Waals surface area contributed by atoms with E-state index in [0.717, 1.165) is 25.3 Å². The summed E-state index contributed by atoms with van der Waals surface area (Å²) in [6, 6.07) is 8.59. The van der Waals surface area contributed by atoms with E-state index in [1.165, 1.54) is 37.7 Å². The minimum atomic E-state index is 0.232. The molecule has 0 saturated heterocycles. The van der Waals surface area contributed by atoms with Crippen LogP contribution >= 0.6 is 0 Å². The number of rotatable bonds is 10. The van der Waals surface area contributed by atoms with E-state index in [2.05, 4.69) is 57.3 Å². The second-order valence-electron chi connectivity index (χ2n) is 6.83. The molecule has 2 heteroatoms. The molecule has 0 fully saturated rings. The van der Waals surface area contributed by atoms with Crippen molar-refractivity contribution >= 4 is 0 Å². The molecule has 0 heterocycles. The van der Waals surface area contributed by atoms with Crippen LogP contribution in [-0.4, -0.2) is 18.7 Å². The van der Waals surface area contributed by atoms with Gasteiger partial charge in [-0.15, -0.1) is 0 Å². The zero-order valence-electron chi connectivity index (χ0n) is 14.4. The molecule has 2 nitrogen and oxygen atoms in total. The van der Waals surface area contributed by atoms with Crippen LogP contribution < -0.4 is 10.1 Å². The predicted molar refractivity (Wildman–Crippen MR) is 92.2 cm³/mol. The van der Waals surface area contributed by atoms with Crippen molar-refractivity contribution in [3.8, 4) is 5.75 Å². The van der Waals surface area contributed by atoms with Crippen LogP contribution in [0.25, 0.3) is 0 Å². The number of hydrogen-bond acceptors (Lipinski definition) is 2. The first kappa shape index (κ1) is 18.0. The van der Waals surface area contributed by atoms with Crippen molar-refractivity contribution in [2.75, 3.05) is 13.2 Å². The quantitative estimate of drug-likeness (QED) is 0.615. The lowest BCUT2D eigenvalue weighted by molar-refractivity contribution is 0.303. The van der Waals surface area contributed by atoms with Gasteiger partial charge >= 0.3 is 0 Å². The minimum absolute atomic E-state index is 0.232. The van der Waals surface area contributed by atoms with Gasteiger partial charge in [0.05, 0.1) is 6.61 Å². The highest BCUT2D eigenvalue weighted by Crippen LogP contribution is 2.14. The normalized spacial score (nSPS) is 11.6. The number of hydrogen-bond donors (Lipinski definition) is 1. The fourth-order valence-corrected chi connectivity index (χ4v) is 2.19. The van der Waals surface area contributed by atoms with Crippen LogP contribution in [-0.2, 0) is 6.42 Å². The molecule has 0 amide bonds. The van der Waals surface area contributed by atoms with E-state index in [9.17, 15) is 0 Å². The Balaban J connectivity index is 2.07. The van der Waals surface area contributed by atoms with Gasteiger partial charge in [-0.05, 0) is 77.1 Å². The van der Waals surface area contributed by atoms with E-state index in [1.807, 2.05) is 0 Å². The molecule has 0 bridgehead atoms. The third kappa shape index (κ3) is 9.52. The van der Waals surface area contributed by atoms with Gasteiger partial charge in [-0.3, -0.25) is 0 Å². The van der Waals surface area contributed by atoms with Crippen molar-refractivity contribution < 1.29 is 4.74 Å². The maximum Gasteiger partial charge on any atom is 0.119 e. The Morgan fingerprint density at radius 3 is 2.29 bits per heavy atom. The first-order chi connectivity index (χ1) is 10.0. The maximum absolute atomic E-state index is 5.79. The van der Waals surface area contributed by atoms with Crippen LogP contribution in [0.2, 0.25) is 0 Å². The van der Waals surface area contributed by atoms with Crippen LogP contribution in [0.4, 0.5) is 0 Å². The van der Waals surface area contributed by atoms with Crippen LogP contribution in [0.1, 0.15) is 65.4 Å². The van der Waals surface area contributed by atoms with Crippen LogP contribution in [0, 0.1) is 0 Å². The summed E-state index contributed by atoms with van der Waals surface area (Å²) >= 11 is 0. The molecule has 1 aromatic rings. The van der Waals surface area contributed by atoms with E-state index in [0.29, 0.717) is 0 Å². The van der Waals surface area contributed by atoms with E-state index < -0.39 is 0 Å². The number of nitrogens with one attached hydrogen (secondary N) is 1. The summed E-state index contributed by atoms with van der Waals surface area (Å²) in [5.41, 5.74) is 1.65. The van der Waals surface area contributed by atoms with E-state index in [1.54, 1.807) is 0 Å². The predicted octanol–water partition coefficient (Wildman–Crippen LogP) is 4.97. The highest BCUT2D eigenvalue weighted by Gasteiger charge is 2.06. The molecule has 0 radical (unpaired) electrons. The average molecular weight is 291 g/mol. The summed E-state index contributed by atoms with van der Waals surface area (Å²) < 4.78 is 5.79. The SMILES string of the molecule is CCCCc1ccc(OCCCCCNC(C)(C)C)cc1. The Labute approximate surface area is 131 Å².